The fourth-order valence-electron chi connectivity index (χ4n) is 4.05. The van der Waals surface area contributed by atoms with E-state index in [0.717, 1.165) is 11.3 Å². The van der Waals surface area contributed by atoms with Gasteiger partial charge in [-0.15, -0.1) is 10.2 Å². The largest absolute Gasteiger partial charge is 0.497 e. The number of urea groups is 1. The zero-order valence-electron chi connectivity index (χ0n) is 17.1. The summed E-state index contributed by atoms with van der Waals surface area (Å²) in [5.74, 6) is 1.71. The van der Waals surface area contributed by atoms with Crippen LogP contribution in [0.25, 0.3) is 11.5 Å². The molecule has 2 aromatic rings. The number of hydrogen-bond acceptors (Lipinski definition) is 7. The molecule has 10 heteroatoms. The molecule has 3 atom stereocenters. The van der Waals surface area contributed by atoms with E-state index in [0.29, 0.717) is 44.3 Å². The number of nitrogens with zero attached hydrogens (tertiary/aromatic N) is 3. The number of methoxy groups -OCH3 is 1. The number of amides is 3. The van der Waals surface area contributed by atoms with Crippen LogP contribution in [0.15, 0.2) is 28.7 Å². The molecular weight excluding hydrogens is 388 g/mol. The van der Waals surface area contributed by atoms with E-state index in [4.69, 9.17) is 9.15 Å². The number of piperazine rings is 1. The van der Waals surface area contributed by atoms with Crippen molar-refractivity contribution >= 4 is 11.9 Å². The first kappa shape index (κ1) is 20.1. The predicted octanol–water partition coefficient (Wildman–Crippen LogP) is 0.548. The van der Waals surface area contributed by atoms with Crippen molar-refractivity contribution in [1.29, 1.82) is 0 Å². The molecule has 3 amide bonds. The first-order valence-electron chi connectivity index (χ1n) is 10.1. The topological polar surface area (TPSA) is 122 Å². The van der Waals surface area contributed by atoms with Crippen molar-refractivity contribution in [3.8, 4) is 17.2 Å². The van der Waals surface area contributed by atoms with Crippen LogP contribution in [-0.4, -0.2) is 71.9 Å². The molecule has 2 fully saturated rings. The zero-order chi connectivity index (χ0) is 21.1. The second-order valence-electron chi connectivity index (χ2n) is 7.48. The van der Waals surface area contributed by atoms with Crippen LogP contribution < -0.4 is 20.7 Å². The Balaban J connectivity index is 1.42. The summed E-state index contributed by atoms with van der Waals surface area (Å²) in [6.45, 7) is 3.54. The third-order valence-electron chi connectivity index (χ3n) is 5.51. The van der Waals surface area contributed by atoms with Gasteiger partial charge >= 0.3 is 6.03 Å². The molecule has 3 heterocycles. The van der Waals surface area contributed by atoms with E-state index in [-0.39, 0.29) is 30.1 Å². The molecule has 0 radical (unpaired) electrons. The Bertz CT molecular complexity index is 899. The highest BCUT2D eigenvalue weighted by molar-refractivity contribution is 5.83. The lowest BCUT2D eigenvalue weighted by Gasteiger charge is -2.36. The molecule has 0 bridgehead atoms. The van der Waals surface area contributed by atoms with E-state index >= 15 is 0 Å². The molecule has 4 rings (SSSR count). The van der Waals surface area contributed by atoms with Crippen molar-refractivity contribution in [3.63, 3.8) is 0 Å². The fourth-order valence-corrected chi connectivity index (χ4v) is 4.05. The van der Waals surface area contributed by atoms with E-state index in [1.54, 1.807) is 7.11 Å². The van der Waals surface area contributed by atoms with Crippen molar-refractivity contribution in [2.24, 2.45) is 0 Å². The molecule has 0 saturated carbocycles. The van der Waals surface area contributed by atoms with Crippen LogP contribution in [0.1, 0.15) is 19.2 Å². The van der Waals surface area contributed by atoms with Crippen molar-refractivity contribution in [1.82, 2.24) is 31.0 Å². The molecule has 0 aliphatic carbocycles. The summed E-state index contributed by atoms with van der Waals surface area (Å²) in [5.41, 5.74) is 0.816. The number of hydrogen-bond donors (Lipinski definition) is 3. The quantitative estimate of drug-likeness (QED) is 0.631. The molecule has 2 aliphatic heterocycles. The molecule has 10 nitrogen and oxygen atoms in total. The van der Waals surface area contributed by atoms with E-state index in [1.165, 1.54) is 0 Å². The van der Waals surface area contributed by atoms with Gasteiger partial charge in [0.15, 0.2) is 0 Å². The van der Waals surface area contributed by atoms with Crippen LogP contribution >= 0.6 is 0 Å². The summed E-state index contributed by atoms with van der Waals surface area (Å²) < 4.78 is 11.0. The summed E-state index contributed by atoms with van der Waals surface area (Å²) in [6, 6.07) is 6.89. The zero-order valence-corrected chi connectivity index (χ0v) is 17.1. The number of benzene rings is 1. The SMILES string of the molecule is CCNC(=O)N[C@H]1C[C@H]2C(=O)NC[C@@H](Cc3nnc(-c4ccc(OC)cc4)o3)N2C1. The number of ether oxygens (including phenoxy) is 1. The standard InChI is InChI=1S/C20H26N6O4/c1-3-21-20(28)23-13-8-16-18(27)22-10-14(26(16)11-13)9-17-24-25-19(30-17)12-4-6-15(29-2)7-5-12/h4-7,13-14,16H,3,8-11H2,1-2H3,(H,22,27)(H2,21,23,28)/t13-,14+,16-/m0/s1. The van der Waals surface area contributed by atoms with E-state index in [9.17, 15) is 9.59 Å². The number of carbonyl (C=O) groups excluding carboxylic acids is 2. The highest BCUT2D eigenvalue weighted by atomic mass is 16.5. The highest BCUT2D eigenvalue weighted by Crippen LogP contribution is 2.27. The highest BCUT2D eigenvalue weighted by Gasteiger charge is 2.44. The summed E-state index contributed by atoms with van der Waals surface area (Å²) in [6.07, 6.45) is 1.11. The van der Waals surface area contributed by atoms with Crippen LogP contribution in [0.4, 0.5) is 4.79 Å². The minimum Gasteiger partial charge on any atom is -0.497 e. The molecule has 1 aromatic heterocycles. The lowest BCUT2D eigenvalue weighted by molar-refractivity contribution is -0.129. The van der Waals surface area contributed by atoms with Gasteiger partial charge in [0.2, 0.25) is 17.7 Å². The van der Waals surface area contributed by atoms with Crippen LogP contribution in [-0.2, 0) is 11.2 Å². The molecule has 2 aliphatic rings. The van der Waals surface area contributed by atoms with Gasteiger partial charge < -0.3 is 25.1 Å². The van der Waals surface area contributed by atoms with Gasteiger partial charge in [0.05, 0.1) is 13.2 Å². The summed E-state index contributed by atoms with van der Waals surface area (Å²) in [7, 11) is 1.62. The van der Waals surface area contributed by atoms with E-state index in [1.807, 2.05) is 31.2 Å². The smallest absolute Gasteiger partial charge is 0.315 e. The Labute approximate surface area is 174 Å². The Hall–Kier alpha value is -3.14. The Kier molecular flexibility index (Phi) is 5.84. The van der Waals surface area contributed by atoms with E-state index < -0.39 is 0 Å². The molecule has 2 saturated heterocycles. The summed E-state index contributed by atoms with van der Waals surface area (Å²) >= 11 is 0. The average Bonchev–Trinajstić information content (AvgIpc) is 3.38. The molecule has 1 aromatic carbocycles. The summed E-state index contributed by atoms with van der Waals surface area (Å²) in [4.78, 5) is 26.3. The number of rotatable bonds is 6. The second-order valence-corrected chi connectivity index (χ2v) is 7.48. The van der Waals surface area contributed by atoms with Crippen LogP contribution in [0.2, 0.25) is 0 Å². The Morgan fingerprint density at radius 3 is 2.87 bits per heavy atom. The van der Waals surface area contributed by atoms with E-state index in [2.05, 4.69) is 31.0 Å². The van der Waals surface area contributed by atoms with Crippen LogP contribution in [0.3, 0.4) is 0 Å². The van der Waals surface area contributed by atoms with Gasteiger partial charge in [0.1, 0.15) is 5.75 Å². The molecule has 30 heavy (non-hydrogen) atoms. The maximum absolute atomic E-state index is 12.3. The first-order chi connectivity index (χ1) is 14.6. The normalized spacial score (nSPS) is 23.5. The monoisotopic (exact) mass is 414 g/mol. The Morgan fingerprint density at radius 1 is 1.33 bits per heavy atom. The minimum absolute atomic E-state index is 0.00380. The minimum atomic E-state index is -0.264. The average molecular weight is 414 g/mol. The number of fused-ring (bicyclic) bond motifs is 1. The fraction of sp³-hybridized carbons (Fsp3) is 0.500. The third-order valence-corrected chi connectivity index (χ3v) is 5.51. The number of carbonyl (C=O) groups is 2. The van der Waals surface area contributed by atoms with Gasteiger partial charge in [-0.3, -0.25) is 9.69 Å². The molecule has 0 unspecified atom stereocenters. The van der Waals surface area contributed by atoms with Crippen molar-refractivity contribution < 1.29 is 18.7 Å². The number of nitrogens with one attached hydrogen (secondary N) is 3. The van der Waals surface area contributed by atoms with Crippen LogP contribution in [0.5, 0.6) is 5.75 Å². The van der Waals surface area contributed by atoms with Gasteiger partial charge in [0.25, 0.3) is 0 Å². The molecule has 3 N–H and O–H groups in total. The van der Waals surface area contributed by atoms with Crippen LogP contribution in [0, 0.1) is 0 Å². The maximum atomic E-state index is 12.3. The first-order valence-corrected chi connectivity index (χ1v) is 10.1. The van der Waals surface area contributed by atoms with Gasteiger partial charge in [-0.2, -0.15) is 0 Å². The molecule has 160 valence electrons. The lowest BCUT2D eigenvalue weighted by atomic mass is 10.1. The van der Waals surface area contributed by atoms with Gasteiger partial charge in [-0.25, -0.2) is 4.79 Å². The second kappa shape index (κ2) is 8.70. The maximum Gasteiger partial charge on any atom is 0.315 e. The summed E-state index contributed by atoms with van der Waals surface area (Å²) in [5, 5.41) is 17.0. The van der Waals surface area contributed by atoms with Crippen molar-refractivity contribution in [2.75, 3.05) is 26.7 Å². The van der Waals surface area contributed by atoms with Gasteiger partial charge in [-0.05, 0) is 37.6 Å². The third kappa shape index (κ3) is 4.23. The molecular formula is C20H26N6O4. The lowest BCUT2D eigenvalue weighted by Crippen LogP contribution is -2.58. The van der Waals surface area contributed by atoms with Gasteiger partial charge in [0, 0.05) is 43.7 Å². The van der Waals surface area contributed by atoms with Crippen molar-refractivity contribution in [2.45, 2.75) is 37.9 Å². The Morgan fingerprint density at radius 2 is 2.13 bits per heavy atom. The molecule has 0 spiro atoms. The predicted molar refractivity (Wildman–Crippen MR) is 108 cm³/mol. The van der Waals surface area contributed by atoms with Crippen molar-refractivity contribution in [3.05, 3.63) is 30.2 Å². The number of aromatic nitrogens is 2. The van der Waals surface area contributed by atoms with Gasteiger partial charge in [-0.1, -0.05) is 0 Å².